The van der Waals surface area contributed by atoms with E-state index in [-0.39, 0.29) is 36.7 Å². The minimum Gasteiger partial charge on any atom is -0.466 e. The Morgan fingerprint density at radius 3 is 2.47 bits per heavy atom. The SMILES string of the molecule is COC(=O)C1=C(Nc2cc(CN3CCN(C)CC3)cc(C(F)(F)F)c2)C(=O)N(CCO)C1. The maximum Gasteiger partial charge on any atom is 0.416 e. The maximum atomic E-state index is 13.6. The first kappa shape index (κ1) is 24.0. The highest BCUT2D eigenvalue weighted by molar-refractivity contribution is 6.08. The molecule has 0 spiro atoms. The van der Waals surface area contributed by atoms with Gasteiger partial charge in [-0.05, 0) is 30.8 Å². The van der Waals surface area contributed by atoms with Gasteiger partial charge in [-0.3, -0.25) is 9.69 Å². The molecule has 176 valence electrons. The van der Waals surface area contributed by atoms with Crippen LogP contribution in [0.15, 0.2) is 29.5 Å². The Morgan fingerprint density at radius 2 is 1.88 bits per heavy atom. The Balaban J connectivity index is 1.91. The van der Waals surface area contributed by atoms with E-state index in [1.54, 1.807) is 6.07 Å². The molecule has 3 rings (SSSR count). The molecule has 1 saturated heterocycles. The highest BCUT2D eigenvalue weighted by atomic mass is 19.4. The standard InChI is InChI=1S/C21H27F3N4O4/c1-26-3-5-27(6-4-26)12-14-9-15(21(22,23)24)11-16(10-14)25-18-17(20(31)32-2)13-28(7-8-29)19(18)30/h9-11,25,29H,3-8,12-13H2,1-2H3. The second-order valence-electron chi connectivity index (χ2n) is 7.92. The van der Waals surface area contributed by atoms with Crippen LogP contribution in [0.1, 0.15) is 11.1 Å². The number of piperazine rings is 1. The highest BCUT2D eigenvalue weighted by Crippen LogP contribution is 2.33. The number of likely N-dealkylation sites (N-methyl/N-ethyl adjacent to an activating group) is 1. The van der Waals surface area contributed by atoms with E-state index < -0.39 is 23.6 Å². The number of methoxy groups -OCH3 is 1. The second-order valence-corrected chi connectivity index (χ2v) is 7.92. The fourth-order valence-corrected chi connectivity index (χ4v) is 3.78. The zero-order valence-corrected chi connectivity index (χ0v) is 18.0. The van der Waals surface area contributed by atoms with E-state index in [0.717, 1.165) is 45.4 Å². The number of β-amino-alcohol motifs (C(OH)–C–C–N with tert-alkyl or cyclic N) is 1. The number of anilines is 1. The van der Waals surface area contributed by atoms with Crippen molar-refractivity contribution in [2.75, 3.05) is 65.3 Å². The van der Waals surface area contributed by atoms with Crippen LogP contribution in [0.4, 0.5) is 18.9 Å². The Kier molecular flexibility index (Phi) is 7.42. The van der Waals surface area contributed by atoms with Gasteiger partial charge in [0.2, 0.25) is 0 Å². The smallest absolute Gasteiger partial charge is 0.416 e. The molecule has 0 saturated carbocycles. The first-order chi connectivity index (χ1) is 15.1. The first-order valence-corrected chi connectivity index (χ1v) is 10.2. The van der Waals surface area contributed by atoms with E-state index in [2.05, 4.69) is 15.1 Å². The van der Waals surface area contributed by atoms with Gasteiger partial charge >= 0.3 is 12.1 Å². The van der Waals surface area contributed by atoms with Gasteiger partial charge in [0, 0.05) is 45.0 Å². The molecule has 0 aromatic heterocycles. The van der Waals surface area contributed by atoms with E-state index in [9.17, 15) is 22.8 Å². The summed E-state index contributed by atoms with van der Waals surface area (Å²) in [6.07, 6.45) is -4.57. The number of hydrogen-bond acceptors (Lipinski definition) is 7. The Morgan fingerprint density at radius 1 is 1.19 bits per heavy atom. The molecule has 1 aromatic carbocycles. The van der Waals surface area contributed by atoms with Gasteiger partial charge in [-0.2, -0.15) is 13.2 Å². The number of carbonyl (C=O) groups excluding carboxylic acids is 2. The Hall–Kier alpha value is -2.63. The Bertz CT molecular complexity index is 896. The number of alkyl halides is 3. The molecule has 0 unspecified atom stereocenters. The van der Waals surface area contributed by atoms with Crippen LogP contribution >= 0.6 is 0 Å². The van der Waals surface area contributed by atoms with Crippen molar-refractivity contribution in [3.63, 3.8) is 0 Å². The number of benzene rings is 1. The van der Waals surface area contributed by atoms with Gasteiger partial charge < -0.3 is 25.0 Å². The number of ether oxygens (including phenoxy) is 1. The molecular weight excluding hydrogens is 429 g/mol. The van der Waals surface area contributed by atoms with E-state index in [4.69, 9.17) is 9.84 Å². The highest BCUT2D eigenvalue weighted by Gasteiger charge is 2.36. The molecule has 11 heteroatoms. The number of amides is 1. The summed E-state index contributed by atoms with van der Waals surface area (Å²) in [7, 11) is 3.15. The average molecular weight is 456 g/mol. The molecule has 32 heavy (non-hydrogen) atoms. The number of carbonyl (C=O) groups is 2. The fourth-order valence-electron chi connectivity index (χ4n) is 3.78. The number of hydrogen-bond donors (Lipinski definition) is 2. The predicted molar refractivity (Wildman–Crippen MR) is 111 cm³/mol. The predicted octanol–water partition coefficient (Wildman–Crippen LogP) is 1.13. The third-order valence-corrected chi connectivity index (χ3v) is 5.55. The van der Waals surface area contributed by atoms with E-state index in [1.165, 1.54) is 4.90 Å². The van der Waals surface area contributed by atoms with Crippen LogP contribution < -0.4 is 5.32 Å². The first-order valence-electron chi connectivity index (χ1n) is 10.2. The number of rotatable bonds is 7. The summed E-state index contributed by atoms with van der Waals surface area (Å²) in [5, 5.41) is 11.9. The van der Waals surface area contributed by atoms with Crippen molar-refractivity contribution in [3.05, 3.63) is 40.6 Å². The zero-order valence-electron chi connectivity index (χ0n) is 18.0. The Labute approximate surface area is 184 Å². The van der Waals surface area contributed by atoms with Crippen LogP contribution in [0.5, 0.6) is 0 Å². The maximum absolute atomic E-state index is 13.6. The lowest BCUT2D eigenvalue weighted by Crippen LogP contribution is -2.43. The molecular formula is C21H27F3N4O4. The average Bonchev–Trinajstić information content (AvgIpc) is 3.04. The normalized spacial score (nSPS) is 18.4. The lowest BCUT2D eigenvalue weighted by Gasteiger charge is -2.32. The minimum absolute atomic E-state index is 0.00368. The number of esters is 1. The molecule has 0 radical (unpaired) electrons. The largest absolute Gasteiger partial charge is 0.466 e. The zero-order chi connectivity index (χ0) is 23.5. The molecule has 2 N–H and O–H groups in total. The van der Waals surface area contributed by atoms with Crippen LogP contribution in [-0.2, 0) is 27.0 Å². The van der Waals surface area contributed by atoms with Crippen molar-refractivity contribution >= 4 is 17.6 Å². The topological polar surface area (TPSA) is 85.4 Å². The van der Waals surface area contributed by atoms with Crippen LogP contribution in [0.25, 0.3) is 0 Å². The van der Waals surface area contributed by atoms with Gasteiger partial charge in [0.1, 0.15) is 5.70 Å². The molecule has 8 nitrogen and oxygen atoms in total. The summed E-state index contributed by atoms with van der Waals surface area (Å²) >= 11 is 0. The molecule has 2 aliphatic rings. The summed E-state index contributed by atoms with van der Waals surface area (Å²) in [5.74, 6) is -1.34. The quantitative estimate of drug-likeness (QED) is 0.595. The lowest BCUT2D eigenvalue weighted by atomic mass is 10.1. The molecule has 0 bridgehead atoms. The van der Waals surface area contributed by atoms with Crippen LogP contribution in [-0.4, -0.2) is 91.7 Å². The van der Waals surface area contributed by atoms with Crippen molar-refractivity contribution in [1.82, 2.24) is 14.7 Å². The molecule has 1 aromatic rings. The van der Waals surface area contributed by atoms with Crippen LogP contribution in [0.2, 0.25) is 0 Å². The van der Waals surface area contributed by atoms with Gasteiger partial charge in [-0.25, -0.2) is 4.79 Å². The van der Waals surface area contributed by atoms with Gasteiger partial charge in [-0.15, -0.1) is 0 Å². The van der Waals surface area contributed by atoms with Crippen molar-refractivity contribution in [2.45, 2.75) is 12.7 Å². The summed E-state index contributed by atoms with van der Waals surface area (Å²) in [6.45, 7) is 3.04. The summed E-state index contributed by atoms with van der Waals surface area (Å²) in [4.78, 5) is 30.3. The van der Waals surface area contributed by atoms with E-state index in [1.807, 2.05) is 7.05 Å². The van der Waals surface area contributed by atoms with Crippen LogP contribution in [0.3, 0.4) is 0 Å². The van der Waals surface area contributed by atoms with E-state index in [0.29, 0.717) is 12.1 Å². The molecule has 2 aliphatic heterocycles. The number of nitrogens with zero attached hydrogens (tertiary/aromatic N) is 3. The monoisotopic (exact) mass is 456 g/mol. The number of nitrogens with one attached hydrogen (secondary N) is 1. The van der Waals surface area contributed by atoms with Crippen molar-refractivity contribution in [1.29, 1.82) is 0 Å². The fraction of sp³-hybridized carbons (Fsp3) is 0.524. The van der Waals surface area contributed by atoms with Gasteiger partial charge in [0.05, 0.1) is 31.4 Å². The van der Waals surface area contributed by atoms with Gasteiger partial charge in [-0.1, -0.05) is 0 Å². The summed E-state index contributed by atoms with van der Waals surface area (Å²) < 4.78 is 45.4. The molecule has 1 fully saturated rings. The molecule has 0 atom stereocenters. The third-order valence-electron chi connectivity index (χ3n) is 5.55. The van der Waals surface area contributed by atoms with Crippen LogP contribution in [0, 0.1) is 0 Å². The summed E-state index contributed by atoms with van der Waals surface area (Å²) in [5.41, 5.74) is -0.479. The number of aliphatic hydroxyl groups excluding tert-OH is 1. The van der Waals surface area contributed by atoms with Crippen molar-refractivity contribution in [3.8, 4) is 0 Å². The number of halogens is 3. The van der Waals surface area contributed by atoms with Gasteiger partial charge in [0.15, 0.2) is 0 Å². The molecule has 1 amide bonds. The van der Waals surface area contributed by atoms with Crippen molar-refractivity contribution < 1.29 is 32.6 Å². The van der Waals surface area contributed by atoms with Gasteiger partial charge in [0.25, 0.3) is 5.91 Å². The van der Waals surface area contributed by atoms with Crippen molar-refractivity contribution in [2.24, 2.45) is 0 Å². The lowest BCUT2D eigenvalue weighted by molar-refractivity contribution is -0.138. The summed E-state index contributed by atoms with van der Waals surface area (Å²) in [6, 6.07) is 3.57. The van der Waals surface area contributed by atoms with E-state index >= 15 is 0 Å². The third kappa shape index (κ3) is 5.59. The molecule has 0 aliphatic carbocycles. The second kappa shape index (κ2) is 9.88. The molecule has 2 heterocycles. The minimum atomic E-state index is -4.57. The number of aliphatic hydroxyl groups is 1.